The van der Waals surface area contributed by atoms with Crippen LogP contribution in [-0.4, -0.2) is 25.9 Å². The summed E-state index contributed by atoms with van der Waals surface area (Å²) < 4.78 is 15.9. The summed E-state index contributed by atoms with van der Waals surface area (Å²) >= 11 is 0. The van der Waals surface area contributed by atoms with Gasteiger partial charge in [-0.2, -0.15) is 0 Å². The van der Waals surface area contributed by atoms with Crippen LogP contribution in [0.25, 0.3) is 0 Å². The molecule has 0 radical (unpaired) electrons. The van der Waals surface area contributed by atoms with E-state index in [0.29, 0.717) is 26.4 Å². The van der Waals surface area contributed by atoms with Crippen LogP contribution in [0.5, 0.6) is 11.5 Å². The Labute approximate surface area is 106 Å². The number of nitrogens with one attached hydrogen (secondary N) is 1. The van der Waals surface area contributed by atoms with Gasteiger partial charge in [0, 0.05) is 13.0 Å². The largest absolute Gasteiger partial charge is 0.490 e. The summed E-state index contributed by atoms with van der Waals surface area (Å²) in [5, 5.41) is 2.66. The molecule has 5 nitrogen and oxygen atoms in total. The second-order valence-corrected chi connectivity index (χ2v) is 3.91. The van der Waals surface area contributed by atoms with E-state index in [1.807, 2.05) is 18.2 Å². The van der Waals surface area contributed by atoms with Crippen molar-refractivity contribution in [3.63, 3.8) is 0 Å². The van der Waals surface area contributed by atoms with Crippen LogP contribution >= 0.6 is 0 Å². The molecule has 1 amide bonds. The third-order valence-corrected chi connectivity index (χ3v) is 2.52. The van der Waals surface area contributed by atoms with Gasteiger partial charge in [-0.25, -0.2) is 4.79 Å². The molecule has 0 aromatic heterocycles. The number of rotatable bonds is 3. The topological polar surface area (TPSA) is 56.8 Å². The van der Waals surface area contributed by atoms with Gasteiger partial charge in [0.1, 0.15) is 0 Å². The van der Waals surface area contributed by atoms with Crippen LogP contribution in [-0.2, 0) is 11.3 Å². The molecule has 1 aliphatic rings. The van der Waals surface area contributed by atoms with Crippen molar-refractivity contribution in [3.05, 3.63) is 23.8 Å². The van der Waals surface area contributed by atoms with Crippen LogP contribution in [0.3, 0.4) is 0 Å². The fraction of sp³-hybridized carbons (Fsp3) is 0.462. The summed E-state index contributed by atoms with van der Waals surface area (Å²) in [6.07, 6.45) is 0.468. The van der Waals surface area contributed by atoms with Gasteiger partial charge in [-0.1, -0.05) is 6.07 Å². The first-order valence-corrected chi connectivity index (χ1v) is 6.08. The molecule has 0 saturated heterocycles. The lowest BCUT2D eigenvalue weighted by molar-refractivity contribution is 0.151. The summed E-state index contributed by atoms with van der Waals surface area (Å²) in [6.45, 7) is 3.88. The zero-order valence-electron chi connectivity index (χ0n) is 10.4. The van der Waals surface area contributed by atoms with E-state index in [-0.39, 0.29) is 0 Å². The Balaban J connectivity index is 1.97. The first-order chi connectivity index (χ1) is 8.79. The van der Waals surface area contributed by atoms with E-state index < -0.39 is 6.09 Å². The number of carbonyl (C=O) groups excluding carboxylic acids is 1. The molecule has 18 heavy (non-hydrogen) atoms. The summed E-state index contributed by atoms with van der Waals surface area (Å²) in [7, 11) is 0. The molecule has 1 aromatic rings. The quantitative estimate of drug-likeness (QED) is 0.893. The molecule has 1 N–H and O–H groups in total. The number of hydrogen-bond acceptors (Lipinski definition) is 4. The van der Waals surface area contributed by atoms with Crippen molar-refractivity contribution in [2.24, 2.45) is 0 Å². The van der Waals surface area contributed by atoms with Crippen molar-refractivity contribution < 1.29 is 19.0 Å². The molecular weight excluding hydrogens is 234 g/mol. The lowest BCUT2D eigenvalue weighted by atomic mass is 10.2. The second-order valence-electron chi connectivity index (χ2n) is 3.91. The van der Waals surface area contributed by atoms with E-state index in [1.54, 1.807) is 6.92 Å². The molecule has 0 saturated carbocycles. The molecule has 2 rings (SSSR count). The molecule has 1 heterocycles. The van der Waals surface area contributed by atoms with Gasteiger partial charge >= 0.3 is 6.09 Å². The maximum absolute atomic E-state index is 11.2. The average Bonchev–Trinajstić information content (AvgIpc) is 2.61. The van der Waals surface area contributed by atoms with Crippen LogP contribution < -0.4 is 14.8 Å². The van der Waals surface area contributed by atoms with E-state index in [9.17, 15) is 4.79 Å². The van der Waals surface area contributed by atoms with Gasteiger partial charge < -0.3 is 19.5 Å². The van der Waals surface area contributed by atoms with Gasteiger partial charge in [-0.05, 0) is 24.6 Å². The summed E-state index contributed by atoms with van der Waals surface area (Å²) in [4.78, 5) is 11.2. The Kier molecular flexibility index (Phi) is 4.28. The number of amides is 1. The van der Waals surface area contributed by atoms with Crippen molar-refractivity contribution >= 4 is 6.09 Å². The average molecular weight is 251 g/mol. The zero-order valence-corrected chi connectivity index (χ0v) is 10.4. The predicted molar refractivity (Wildman–Crippen MR) is 65.9 cm³/mol. The van der Waals surface area contributed by atoms with Crippen LogP contribution in [0.4, 0.5) is 4.79 Å². The van der Waals surface area contributed by atoms with Crippen molar-refractivity contribution in [1.29, 1.82) is 0 Å². The predicted octanol–water partition coefficient (Wildman–Crippen LogP) is 2.09. The first kappa shape index (κ1) is 12.5. The number of alkyl carbamates (subject to hydrolysis) is 1. The standard InChI is InChI=1S/C13H17NO4/c1-2-16-13(15)14-9-10-4-5-11-12(8-10)18-7-3-6-17-11/h4-5,8H,2-3,6-7,9H2,1H3,(H,14,15). The van der Waals surface area contributed by atoms with E-state index in [2.05, 4.69) is 5.32 Å². The highest BCUT2D eigenvalue weighted by atomic mass is 16.5. The fourth-order valence-electron chi connectivity index (χ4n) is 1.67. The van der Waals surface area contributed by atoms with E-state index in [4.69, 9.17) is 14.2 Å². The van der Waals surface area contributed by atoms with Crippen molar-refractivity contribution in [2.75, 3.05) is 19.8 Å². The summed E-state index contributed by atoms with van der Waals surface area (Å²) in [5.41, 5.74) is 0.951. The normalized spacial score (nSPS) is 13.6. The summed E-state index contributed by atoms with van der Waals surface area (Å²) in [6, 6.07) is 5.65. The lowest BCUT2D eigenvalue weighted by Crippen LogP contribution is -2.23. The van der Waals surface area contributed by atoms with Gasteiger partial charge in [0.15, 0.2) is 11.5 Å². The van der Waals surface area contributed by atoms with Crippen molar-refractivity contribution in [1.82, 2.24) is 5.32 Å². The van der Waals surface area contributed by atoms with Crippen molar-refractivity contribution in [2.45, 2.75) is 19.9 Å². The highest BCUT2D eigenvalue weighted by molar-refractivity contribution is 5.67. The van der Waals surface area contributed by atoms with Crippen molar-refractivity contribution in [3.8, 4) is 11.5 Å². The first-order valence-electron chi connectivity index (χ1n) is 6.08. The molecule has 0 unspecified atom stereocenters. The number of hydrogen-bond donors (Lipinski definition) is 1. The molecule has 1 aromatic carbocycles. The smallest absolute Gasteiger partial charge is 0.407 e. The minimum Gasteiger partial charge on any atom is -0.490 e. The van der Waals surface area contributed by atoms with E-state index in [1.165, 1.54) is 0 Å². The third kappa shape index (κ3) is 3.29. The molecule has 0 aliphatic carbocycles. The van der Waals surface area contributed by atoms with Gasteiger partial charge in [0.25, 0.3) is 0 Å². The third-order valence-electron chi connectivity index (χ3n) is 2.52. The molecule has 98 valence electrons. The minimum absolute atomic E-state index is 0.368. The number of carbonyl (C=O) groups is 1. The number of benzene rings is 1. The Morgan fingerprint density at radius 3 is 2.89 bits per heavy atom. The second kappa shape index (κ2) is 6.14. The highest BCUT2D eigenvalue weighted by Crippen LogP contribution is 2.30. The van der Waals surface area contributed by atoms with Crippen LogP contribution in [0.1, 0.15) is 18.9 Å². The number of ether oxygens (including phenoxy) is 3. The summed E-state index contributed by atoms with van der Waals surface area (Å²) in [5.74, 6) is 1.49. The minimum atomic E-state index is -0.412. The monoisotopic (exact) mass is 251 g/mol. The Hall–Kier alpha value is -1.91. The number of fused-ring (bicyclic) bond motifs is 1. The Morgan fingerprint density at radius 2 is 2.11 bits per heavy atom. The van der Waals surface area contributed by atoms with Crippen LogP contribution in [0.2, 0.25) is 0 Å². The van der Waals surface area contributed by atoms with Gasteiger partial charge in [-0.3, -0.25) is 0 Å². The van der Waals surface area contributed by atoms with Gasteiger partial charge in [0.05, 0.1) is 19.8 Å². The van der Waals surface area contributed by atoms with Gasteiger partial charge in [-0.15, -0.1) is 0 Å². The van der Waals surface area contributed by atoms with E-state index >= 15 is 0 Å². The Morgan fingerprint density at radius 1 is 1.33 bits per heavy atom. The van der Waals surface area contributed by atoms with Gasteiger partial charge in [0.2, 0.25) is 0 Å². The molecule has 0 fully saturated rings. The lowest BCUT2D eigenvalue weighted by Gasteiger charge is -2.10. The zero-order chi connectivity index (χ0) is 12.8. The molecular formula is C13H17NO4. The maximum atomic E-state index is 11.2. The van der Waals surface area contributed by atoms with E-state index in [0.717, 1.165) is 23.5 Å². The maximum Gasteiger partial charge on any atom is 0.407 e. The molecule has 0 spiro atoms. The fourth-order valence-corrected chi connectivity index (χ4v) is 1.67. The van der Waals surface area contributed by atoms with Crippen LogP contribution in [0, 0.1) is 0 Å². The molecule has 0 bridgehead atoms. The highest BCUT2D eigenvalue weighted by Gasteiger charge is 2.11. The molecule has 5 heteroatoms. The SMILES string of the molecule is CCOC(=O)NCc1ccc2c(c1)OCCCO2. The molecule has 1 aliphatic heterocycles. The Bertz CT molecular complexity index is 419. The molecule has 0 atom stereocenters. The van der Waals surface area contributed by atoms with Crippen LogP contribution in [0.15, 0.2) is 18.2 Å².